The van der Waals surface area contributed by atoms with Crippen molar-refractivity contribution in [3.05, 3.63) is 52.5 Å². The molecule has 0 aliphatic rings. The maximum Gasteiger partial charge on any atom is 0.258 e. The number of carbonyl (C=O) groups is 1. The number of benzene rings is 2. The van der Waals surface area contributed by atoms with Crippen molar-refractivity contribution < 1.29 is 14.3 Å². The fourth-order valence-electron chi connectivity index (χ4n) is 1.88. The molecule has 0 radical (unpaired) electrons. The van der Waals surface area contributed by atoms with Crippen molar-refractivity contribution in [1.29, 1.82) is 0 Å². The van der Waals surface area contributed by atoms with Crippen LogP contribution in [-0.2, 0) is 0 Å². The highest BCUT2D eigenvalue weighted by molar-refractivity contribution is 9.10. The lowest BCUT2D eigenvalue weighted by Gasteiger charge is -2.14. The minimum absolute atomic E-state index is 0.164. The Morgan fingerprint density at radius 2 is 1.87 bits per heavy atom. The highest BCUT2D eigenvalue weighted by Crippen LogP contribution is 2.28. The average molecular weight is 395 g/mol. The molecule has 2 aromatic rings. The summed E-state index contributed by atoms with van der Waals surface area (Å²) in [4.78, 5) is 12.2. The van der Waals surface area contributed by atoms with Crippen LogP contribution in [0.1, 0.15) is 10.4 Å². The third-order valence-corrected chi connectivity index (χ3v) is 3.90. The van der Waals surface area contributed by atoms with E-state index in [9.17, 15) is 4.79 Å². The van der Waals surface area contributed by atoms with Gasteiger partial charge in [0.05, 0.1) is 25.5 Å². The van der Waals surface area contributed by atoms with Gasteiger partial charge in [0.15, 0.2) is 5.11 Å². The minimum Gasteiger partial charge on any atom is -0.497 e. The number of rotatable bonds is 4. The molecular formula is C16H15BrN2O3S. The highest BCUT2D eigenvalue weighted by atomic mass is 79.9. The van der Waals surface area contributed by atoms with Gasteiger partial charge in [-0.25, -0.2) is 0 Å². The third-order valence-electron chi connectivity index (χ3n) is 3.00. The molecule has 0 spiro atoms. The number of amides is 1. The van der Waals surface area contributed by atoms with Crippen LogP contribution in [0.4, 0.5) is 5.69 Å². The largest absolute Gasteiger partial charge is 0.497 e. The molecule has 0 bridgehead atoms. The van der Waals surface area contributed by atoms with Crippen LogP contribution in [0, 0.1) is 0 Å². The van der Waals surface area contributed by atoms with Gasteiger partial charge in [0.25, 0.3) is 5.91 Å². The van der Waals surface area contributed by atoms with E-state index in [2.05, 4.69) is 26.6 Å². The third kappa shape index (κ3) is 4.43. The molecule has 0 heterocycles. The number of anilines is 1. The monoisotopic (exact) mass is 394 g/mol. The predicted molar refractivity (Wildman–Crippen MR) is 97.4 cm³/mol. The summed E-state index contributed by atoms with van der Waals surface area (Å²) in [7, 11) is 3.12. The Kier molecular flexibility index (Phi) is 5.95. The standard InChI is InChI=1S/C16H15BrN2O3S/c1-21-10-7-8-14(22-2)13(9-10)18-16(23)19-15(20)11-5-3-4-6-12(11)17/h3-9H,1-2H3,(H2,18,19,20,23). The number of halogens is 1. The van der Waals surface area contributed by atoms with Crippen molar-refractivity contribution in [2.75, 3.05) is 19.5 Å². The first-order chi connectivity index (χ1) is 11.0. The van der Waals surface area contributed by atoms with E-state index in [0.717, 1.165) is 0 Å². The van der Waals surface area contributed by atoms with E-state index >= 15 is 0 Å². The van der Waals surface area contributed by atoms with Gasteiger partial charge >= 0.3 is 0 Å². The van der Waals surface area contributed by atoms with Crippen LogP contribution in [0.2, 0.25) is 0 Å². The van der Waals surface area contributed by atoms with Crippen molar-refractivity contribution in [3.8, 4) is 11.5 Å². The number of ether oxygens (including phenoxy) is 2. The Morgan fingerprint density at radius 1 is 1.13 bits per heavy atom. The molecule has 5 nitrogen and oxygen atoms in total. The molecule has 23 heavy (non-hydrogen) atoms. The van der Waals surface area contributed by atoms with E-state index in [1.165, 1.54) is 0 Å². The SMILES string of the molecule is COc1ccc(OC)c(NC(=S)NC(=O)c2ccccc2Br)c1. The van der Waals surface area contributed by atoms with Crippen molar-refractivity contribution in [2.45, 2.75) is 0 Å². The summed E-state index contributed by atoms with van der Waals surface area (Å²) in [5.41, 5.74) is 1.10. The molecule has 0 aliphatic carbocycles. The summed E-state index contributed by atoms with van der Waals surface area (Å²) >= 11 is 8.52. The fourth-order valence-corrected chi connectivity index (χ4v) is 2.55. The fraction of sp³-hybridized carbons (Fsp3) is 0.125. The molecule has 2 rings (SSSR count). The molecule has 1 amide bonds. The Balaban J connectivity index is 2.11. The van der Waals surface area contributed by atoms with E-state index in [-0.39, 0.29) is 11.0 Å². The van der Waals surface area contributed by atoms with Crippen LogP contribution >= 0.6 is 28.1 Å². The first kappa shape index (κ1) is 17.2. The van der Waals surface area contributed by atoms with Gasteiger partial charge in [-0.05, 0) is 52.4 Å². The minimum atomic E-state index is -0.308. The Bertz CT molecular complexity index is 737. The molecule has 2 aromatic carbocycles. The second-order valence-electron chi connectivity index (χ2n) is 4.45. The quantitative estimate of drug-likeness (QED) is 0.775. The van der Waals surface area contributed by atoms with E-state index in [1.807, 2.05) is 6.07 Å². The van der Waals surface area contributed by atoms with Gasteiger partial charge in [-0.3, -0.25) is 10.1 Å². The van der Waals surface area contributed by atoms with Crippen molar-refractivity contribution >= 4 is 44.9 Å². The summed E-state index contributed by atoms with van der Waals surface area (Å²) in [6.45, 7) is 0. The van der Waals surface area contributed by atoms with Crippen LogP contribution in [-0.4, -0.2) is 25.2 Å². The zero-order valence-corrected chi connectivity index (χ0v) is 15.0. The normalized spacial score (nSPS) is 9.87. The summed E-state index contributed by atoms with van der Waals surface area (Å²) < 4.78 is 11.1. The Hall–Kier alpha value is -2.12. The maximum absolute atomic E-state index is 12.2. The summed E-state index contributed by atoms with van der Waals surface area (Å²) in [5, 5.41) is 5.73. The molecule has 2 N–H and O–H groups in total. The van der Waals surface area contributed by atoms with E-state index < -0.39 is 0 Å². The molecule has 0 aromatic heterocycles. The Morgan fingerprint density at radius 3 is 2.52 bits per heavy atom. The number of hydrogen-bond donors (Lipinski definition) is 2. The van der Waals surface area contributed by atoms with Crippen molar-refractivity contribution in [2.24, 2.45) is 0 Å². The second-order valence-corrected chi connectivity index (χ2v) is 5.72. The van der Waals surface area contributed by atoms with Gasteiger partial charge in [0.1, 0.15) is 11.5 Å². The number of carbonyl (C=O) groups excluding carboxylic acids is 1. The van der Waals surface area contributed by atoms with Gasteiger partial charge in [0.2, 0.25) is 0 Å². The smallest absolute Gasteiger partial charge is 0.258 e. The first-order valence-corrected chi connectivity index (χ1v) is 7.84. The van der Waals surface area contributed by atoms with Crippen molar-refractivity contribution in [3.63, 3.8) is 0 Å². The van der Waals surface area contributed by atoms with Gasteiger partial charge in [-0.15, -0.1) is 0 Å². The summed E-state index contributed by atoms with van der Waals surface area (Å²) in [6.07, 6.45) is 0. The van der Waals surface area contributed by atoms with E-state index in [0.29, 0.717) is 27.2 Å². The number of thiocarbonyl (C=S) groups is 1. The lowest BCUT2D eigenvalue weighted by atomic mass is 10.2. The molecular weight excluding hydrogens is 380 g/mol. The zero-order valence-electron chi connectivity index (χ0n) is 12.6. The number of nitrogens with one attached hydrogen (secondary N) is 2. The highest BCUT2D eigenvalue weighted by Gasteiger charge is 2.12. The Labute approximate surface area is 148 Å². The number of methoxy groups -OCH3 is 2. The lowest BCUT2D eigenvalue weighted by molar-refractivity contribution is 0.0977. The second kappa shape index (κ2) is 7.94. The van der Waals surface area contributed by atoms with Crippen LogP contribution in [0.3, 0.4) is 0 Å². The molecule has 7 heteroatoms. The molecule has 120 valence electrons. The van der Waals surface area contributed by atoms with Crippen LogP contribution in [0.25, 0.3) is 0 Å². The van der Waals surface area contributed by atoms with Crippen LogP contribution in [0.15, 0.2) is 46.9 Å². The molecule has 0 saturated carbocycles. The molecule has 0 saturated heterocycles. The summed E-state index contributed by atoms with van der Waals surface area (Å²) in [5.74, 6) is 0.924. The lowest BCUT2D eigenvalue weighted by Crippen LogP contribution is -2.34. The predicted octanol–water partition coefficient (Wildman–Crippen LogP) is 3.59. The number of hydrogen-bond acceptors (Lipinski definition) is 4. The van der Waals surface area contributed by atoms with Gasteiger partial charge in [0, 0.05) is 10.5 Å². The molecule has 0 fully saturated rings. The zero-order chi connectivity index (χ0) is 16.8. The van der Waals surface area contributed by atoms with Crippen LogP contribution in [0.5, 0.6) is 11.5 Å². The van der Waals surface area contributed by atoms with Gasteiger partial charge in [-0.1, -0.05) is 12.1 Å². The van der Waals surface area contributed by atoms with E-state index in [4.69, 9.17) is 21.7 Å². The van der Waals surface area contributed by atoms with Gasteiger partial charge in [-0.2, -0.15) is 0 Å². The molecule has 0 unspecified atom stereocenters. The van der Waals surface area contributed by atoms with Crippen LogP contribution < -0.4 is 20.1 Å². The maximum atomic E-state index is 12.2. The topological polar surface area (TPSA) is 59.6 Å². The average Bonchev–Trinajstić information content (AvgIpc) is 2.54. The van der Waals surface area contributed by atoms with Crippen molar-refractivity contribution in [1.82, 2.24) is 5.32 Å². The molecule has 0 atom stereocenters. The summed E-state index contributed by atoms with van der Waals surface area (Å²) in [6, 6.07) is 12.4. The molecule has 0 aliphatic heterocycles. The van der Waals surface area contributed by atoms with E-state index in [1.54, 1.807) is 50.6 Å². The first-order valence-electron chi connectivity index (χ1n) is 6.64. The van der Waals surface area contributed by atoms with Gasteiger partial charge < -0.3 is 14.8 Å².